The van der Waals surface area contributed by atoms with Crippen molar-refractivity contribution in [2.24, 2.45) is 5.73 Å². The summed E-state index contributed by atoms with van der Waals surface area (Å²) in [4.78, 5) is 30.8. The molecule has 166 valence electrons. The zero-order chi connectivity index (χ0) is 22.5. The van der Waals surface area contributed by atoms with Gasteiger partial charge in [-0.1, -0.05) is 23.7 Å². The first kappa shape index (κ1) is 21.9. The van der Waals surface area contributed by atoms with Crippen LogP contribution in [0, 0.1) is 0 Å². The van der Waals surface area contributed by atoms with Crippen LogP contribution in [0.3, 0.4) is 0 Å². The number of aromatic nitrogens is 1. The molecule has 8 heteroatoms. The van der Waals surface area contributed by atoms with Crippen molar-refractivity contribution in [3.8, 4) is 11.3 Å². The number of primary amides is 1. The number of nitrogens with zero attached hydrogens (tertiary/aromatic N) is 2. The van der Waals surface area contributed by atoms with E-state index in [0.717, 1.165) is 37.2 Å². The lowest BCUT2D eigenvalue weighted by Crippen LogP contribution is -2.30. The van der Waals surface area contributed by atoms with Crippen molar-refractivity contribution in [3.63, 3.8) is 0 Å². The molecule has 1 aromatic heterocycles. The molecule has 1 aliphatic heterocycles. The summed E-state index contributed by atoms with van der Waals surface area (Å²) in [5.74, 6) is 0.296. The molecule has 0 unspecified atom stereocenters. The Morgan fingerprint density at radius 2 is 1.91 bits per heavy atom. The summed E-state index contributed by atoms with van der Waals surface area (Å²) in [7, 11) is 0. The van der Waals surface area contributed by atoms with Gasteiger partial charge in [-0.3, -0.25) is 9.59 Å². The largest absolute Gasteiger partial charge is 0.441 e. The van der Waals surface area contributed by atoms with Gasteiger partial charge in [0.1, 0.15) is 0 Å². The standard InChI is InChI=1S/C24H25ClN4O3/c25-18-7-3-2-6-17(18)21-15-27-23(32-21)11-10-22(30)28-19-14-16(24(26)31)8-9-20(19)29-12-4-1-5-13-29/h2-3,6-9,14-15H,1,4-5,10-13H2,(H2,26,31)(H,28,30). The summed E-state index contributed by atoms with van der Waals surface area (Å²) in [5.41, 5.74) is 8.06. The molecular weight excluding hydrogens is 428 g/mol. The highest BCUT2D eigenvalue weighted by atomic mass is 35.5. The van der Waals surface area contributed by atoms with Gasteiger partial charge in [-0.2, -0.15) is 0 Å². The molecule has 2 heterocycles. The minimum atomic E-state index is -0.530. The van der Waals surface area contributed by atoms with Crippen LogP contribution in [-0.4, -0.2) is 29.9 Å². The van der Waals surface area contributed by atoms with Gasteiger partial charge in [0.05, 0.1) is 22.6 Å². The Kier molecular flexibility index (Phi) is 6.75. The molecule has 7 nitrogen and oxygen atoms in total. The molecule has 0 radical (unpaired) electrons. The highest BCUT2D eigenvalue weighted by Crippen LogP contribution is 2.31. The number of carbonyl (C=O) groups is 2. The molecule has 1 fully saturated rings. The number of oxazole rings is 1. The van der Waals surface area contributed by atoms with E-state index >= 15 is 0 Å². The third-order valence-electron chi connectivity index (χ3n) is 5.51. The molecule has 2 aromatic carbocycles. The second kappa shape index (κ2) is 9.87. The summed E-state index contributed by atoms with van der Waals surface area (Å²) in [5, 5.41) is 3.52. The number of anilines is 2. The SMILES string of the molecule is NC(=O)c1ccc(N2CCCCC2)c(NC(=O)CCc2ncc(-c3ccccc3Cl)o2)c1. The van der Waals surface area contributed by atoms with Crippen LogP contribution >= 0.6 is 11.6 Å². The fourth-order valence-electron chi connectivity index (χ4n) is 3.84. The Morgan fingerprint density at radius 1 is 1.12 bits per heavy atom. The highest BCUT2D eigenvalue weighted by molar-refractivity contribution is 6.33. The van der Waals surface area contributed by atoms with Gasteiger partial charge in [0.2, 0.25) is 11.8 Å². The monoisotopic (exact) mass is 452 g/mol. The van der Waals surface area contributed by atoms with Gasteiger partial charge >= 0.3 is 0 Å². The summed E-state index contributed by atoms with van der Waals surface area (Å²) < 4.78 is 5.78. The second-order valence-electron chi connectivity index (χ2n) is 7.79. The Balaban J connectivity index is 1.44. The Bertz CT molecular complexity index is 1120. The second-order valence-corrected chi connectivity index (χ2v) is 8.20. The van der Waals surface area contributed by atoms with Crippen LogP contribution in [0.15, 0.2) is 53.1 Å². The molecule has 1 aliphatic rings. The van der Waals surface area contributed by atoms with Crippen molar-refractivity contribution < 1.29 is 14.0 Å². The number of benzene rings is 2. The predicted octanol–water partition coefficient (Wildman–Crippen LogP) is 4.66. The van der Waals surface area contributed by atoms with Gasteiger partial charge in [0.15, 0.2) is 11.7 Å². The predicted molar refractivity (Wildman–Crippen MR) is 125 cm³/mol. The van der Waals surface area contributed by atoms with E-state index in [1.807, 2.05) is 24.3 Å². The van der Waals surface area contributed by atoms with E-state index in [0.29, 0.717) is 34.3 Å². The van der Waals surface area contributed by atoms with Gasteiger partial charge in [-0.25, -0.2) is 4.98 Å². The van der Waals surface area contributed by atoms with E-state index in [2.05, 4.69) is 15.2 Å². The maximum absolute atomic E-state index is 12.7. The third kappa shape index (κ3) is 5.11. The summed E-state index contributed by atoms with van der Waals surface area (Å²) >= 11 is 6.21. The first-order chi connectivity index (χ1) is 15.5. The quantitative estimate of drug-likeness (QED) is 0.543. The minimum absolute atomic E-state index is 0.183. The normalized spacial score (nSPS) is 13.7. The van der Waals surface area contributed by atoms with Crippen LogP contribution in [0.4, 0.5) is 11.4 Å². The van der Waals surface area contributed by atoms with E-state index < -0.39 is 5.91 Å². The molecule has 2 amide bonds. The van der Waals surface area contributed by atoms with Crippen LogP contribution in [0.2, 0.25) is 5.02 Å². The Labute approximate surface area is 191 Å². The van der Waals surface area contributed by atoms with Gasteiger partial charge in [0, 0.05) is 37.1 Å². The Hall–Kier alpha value is -3.32. The number of aryl methyl sites for hydroxylation is 1. The maximum atomic E-state index is 12.7. The first-order valence-electron chi connectivity index (χ1n) is 10.7. The number of hydrogen-bond acceptors (Lipinski definition) is 5. The van der Waals surface area contributed by atoms with Crippen LogP contribution < -0.4 is 16.0 Å². The maximum Gasteiger partial charge on any atom is 0.248 e. The summed E-state index contributed by atoms with van der Waals surface area (Å²) in [6, 6.07) is 12.6. The van der Waals surface area contributed by atoms with Crippen molar-refractivity contribution in [2.75, 3.05) is 23.3 Å². The van der Waals surface area contributed by atoms with Gasteiger partial charge in [-0.15, -0.1) is 0 Å². The van der Waals surface area contributed by atoms with Crippen LogP contribution in [0.1, 0.15) is 41.9 Å². The van der Waals surface area contributed by atoms with E-state index in [-0.39, 0.29) is 12.3 Å². The van der Waals surface area contributed by atoms with Crippen molar-refractivity contribution in [1.82, 2.24) is 4.98 Å². The fourth-order valence-corrected chi connectivity index (χ4v) is 4.07. The minimum Gasteiger partial charge on any atom is -0.441 e. The number of halogens is 1. The molecule has 0 atom stereocenters. The average molecular weight is 453 g/mol. The number of rotatable bonds is 7. The van der Waals surface area contributed by atoms with Crippen molar-refractivity contribution in [1.29, 1.82) is 0 Å². The molecule has 0 aliphatic carbocycles. The summed E-state index contributed by atoms with van der Waals surface area (Å²) in [6.07, 6.45) is 5.53. The smallest absolute Gasteiger partial charge is 0.248 e. The number of nitrogens with one attached hydrogen (secondary N) is 1. The molecule has 0 spiro atoms. The lowest BCUT2D eigenvalue weighted by Gasteiger charge is -2.30. The van der Waals surface area contributed by atoms with E-state index in [4.69, 9.17) is 21.8 Å². The van der Waals surface area contributed by atoms with Gasteiger partial charge in [0.25, 0.3) is 0 Å². The van der Waals surface area contributed by atoms with E-state index in [9.17, 15) is 9.59 Å². The van der Waals surface area contributed by atoms with E-state index in [1.165, 1.54) is 6.42 Å². The topological polar surface area (TPSA) is 101 Å². The molecule has 0 bridgehead atoms. The number of amides is 2. The lowest BCUT2D eigenvalue weighted by atomic mass is 10.1. The molecule has 32 heavy (non-hydrogen) atoms. The Morgan fingerprint density at radius 3 is 2.66 bits per heavy atom. The zero-order valence-electron chi connectivity index (χ0n) is 17.6. The molecule has 1 saturated heterocycles. The van der Waals surface area contributed by atoms with Crippen LogP contribution in [0.25, 0.3) is 11.3 Å². The fraction of sp³-hybridized carbons (Fsp3) is 0.292. The van der Waals surface area contributed by atoms with Crippen LogP contribution in [0.5, 0.6) is 0 Å². The molecular formula is C24H25ClN4O3. The third-order valence-corrected chi connectivity index (χ3v) is 5.84. The lowest BCUT2D eigenvalue weighted by molar-refractivity contribution is -0.116. The number of nitrogens with two attached hydrogens (primary N) is 1. The van der Waals surface area contributed by atoms with Gasteiger partial charge < -0.3 is 20.4 Å². The van der Waals surface area contributed by atoms with Crippen molar-refractivity contribution >= 4 is 34.8 Å². The summed E-state index contributed by atoms with van der Waals surface area (Å²) in [6.45, 7) is 1.83. The molecule has 3 aromatic rings. The average Bonchev–Trinajstić information content (AvgIpc) is 3.27. The highest BCUT2D eigenvalue weighted by Gasteiger charge is 2.18. The van der Waals surface area contributed by atoms with E-state index in [1.54, 1.807) is 24.4 Å². The first-order valence-corrected chi connectivity index (χ1v) is 11.1. The molecule has 3 N–H and O–H groups in total. The number of carbonyl (C=O) groups excluding carboxylic acids is 2. The van der Waals surface area contributed by atoms with Crippen LogP contribution in [-0.2, 0) is 11.2 Å². The number of piperidine rings is 1. The molecule has 0 saturated carbocycles. The van der Waals surface area contributed by atoms with Crippen molar-refractivity contribution in [3.05, 3.63) is 65.1 Å². The molecule has 4 rings (SSSR count). The number of hydrogen-bond donors (Lipinski definition) is 2. The van der Waals surface area contributed by atoms with Gasteiger partial charge in [-0.05, 0) is 49.6 Å². The zero-order valence-corrected chi connectivity index (χ0v) is 18.4. The van der Waals surface area contributed by atoms with Crippen molar-refractivity contribution in [2.45, 2.75) is 32.1 Å².